The molecule has 3 aliphatic rings. The van der Waals surface area contributed by atoms with Crippen LogP contribution in [0.25, 0.3) is 0 Å². The average molecular weight is 336 g/mol. The Morgan fingerprint density at radius 3 is 2.62 bits per heavy atom. The van der Waals surface area contributed by atoms with Gasteiger partial charge in [-0.2, -0.15) is 0 Å². The van der Waals surface area contributed by atoms with E-state index in [1.807, 2.05) is 6.07 Å². The van der Waals surface area contributed by atoms with Crippen molar-refractivity contribution in [2.45, 2.75) is 63.3 Å². The average Bonchev–Trinajstić information content (AvgIpc) is 3.18. The van der Waals surface area contributed by atoms with Gasteiger partial charge in [0.2, 0.25) is 5.79 Å². The van der Waals surface area contributed by atoms with Gasteiger partial charge >= 0.3 is 0 Å². The van der Waals surface area contributed by atoms with Crippen molar-refractivity contribution in [2.75, 3.05) is 13.2 Å². The third kappa shape index (κ3) is 2.18. The van der Waals surface area contributed by atoms with Crippen LogP contribution in [0, 0.1) is 11.7 Å². The molecule has 3 aliphatic heterocycles. The molecule has 132 valence electrons. The van der Waals surface area contributed by atoms with E-state index in [0.29, 0.717) is 31.6 Å². The molecule has 0 unspecified atom stereocenters. The summed E-state index contributed by atoms with van der Waals surface area (Å²) in [7, 11) is 0. The van der Waals surface area contributed by atoms with Crippen LogP contribution in [-0.2, 0) is 25.6 Å². The second-order valence-electron chi connectivity index (χ2n) is 7.68. The van der Waals surface area contributed by atoms with Crippen LogP contribution in [0.4, 0.5) is 4.39 Å². The van der Waals surface area contributed by atoms with Gasteiger partial charge in [0.05, 0.1) is 31.5 Å². The summed E-state index contributed by atoms with van der Waals surface area (Å²) in [6, 6.07) is 6.73. The lowest BCUT2D eigenvalue weighted by molar-refractivity contribution is -0.252. The first-order valence-corrected chi connectivity index (χ1v) is 8.74. The molecule has 3 saturated heterocycles. The van der Waals surface area contributed by atoms with Crippen molar-refractivity contribution in [3.05, 3.63) is 35.6 Å². The molecule has 1 aromatic carbocycles. The van der Waals surface area contributed by atoms with Crippen LogP contribution in [0.5, 0.6) is 0 Å². The molecular formula is C19H25FO4. The van der Waals surface area contributed by atoms with Gasteiger partial charge in [0, 0.05) is 18.4 Å². The van der Waals surface area contributed by atoms with E-state index in [1.165, 1.54) is 6.07 Å². The number of ether oxygens (including phenoxy) is 4. The fourth-order valence-corrected chi connectivity index (χ4v) is 4.65. The van der Waals surface area contributed by atoms with Crippen molar-refractivity contribution < 1.29 is 23.3 Å². The zero-order valence-corrected chi connectivity index (χ0v) is 14.5. The summed E-state index contributed by atoms with van der Waals surface area (Å²) in [5.41, 5.74) is -0.400. The first kappa shape index (κ1) is 16.5. The first-order chi connectivity index (χ1) is 11.4. The van der Waals surface area contributed by atoms with Crippen molar-refractivity contribution in [3.8, 4) is 0 Å². The number of hydrogen-bond donors (Lipinski definition) is 0. The van der Waals surface area contributed by atoms with E-state index in [9.17, 15) is 4.39 Å². The minimum Gasteiger partial charge on any atom is -0.370 e. The Kier molecular flexibility index (Phi) is 3.77. The molecule has 0 saturated carbocycles. The number of hydrogen-bond acceptors (Lipinski definition) is 4. The van der Waals surface area contributed by atoms with Crippen molar-refractivity contribution in [2.24, 2.45) is 5.92 Å². The third-order valence-electron chi connectivity index (χ3n) is 5.90. The summed E-state index contributed by atoms with van der Waals surface area (Å²) in [6.07, 6.45) is 1.26. The van der Waals surface area contributed by atoms with E-state index in [1.54, 1.807) is 12.1 Å². The van der Waals surface area contributed by atoms with Crippen molar-refractivity contribution in [3.63, 3.8) is 0 Å². The molecule has 0 amide bonds. The molecule has 5 heteroatoms. The van der Waals surface area contributed by atoms with Crippen LogP contribution in [0.2, 0.25) is 0 Å². The Morgan fingerprint density at radius 2 is 1.96 bits per heavy atom. The van der Waals surface area contributed by atoms with Gasteiger partial charge in [-0.15, -0.1) is 0 Å². The quantitative estimate of drug-likeness (QED) is 0.844. The molecule has 4 rings (SSSR count). The number of halogens is 1. The van der Waals surface area contributed by atoms with Crippen LogP contribution >= 0.6 is 0 Å². The lowest BCUT2D eigenvalue weighted by Gasteiger charge is -2.44. The Labute approximate surface area is 142 Å². The first-order valence-electron chi connectivity index (χ1n) is 8.74. The Morgan fingerprint density at radius 1 is 1.25 bits per heavy atom. The SMILES string of the molecule is CC(C)[C@]12C[C@@H](OCc3ccccc3F)[C@](C)(CC13OCCO3)O2. The number of fused-ring (bicyclic) bond motifs is 3. The van der Waals surface area contributed by atoms with Crippen LogP contribution in [0.15, 0.2) is 24.3 Å². The van der Waals surface area contributed by atoms with E-state index in [-0.39, 0.29) is 24.4 Å². The minimum absolute atomic E-state index is 0.0991. The van der Waals surface area contributed by atoms with Gasteiger partial charge in [0.15, 0.2) is 0 Å². The topological polar surface area (TPSA) is 36.9 Å². The van der Waals surface area contributed by atoms with Gasteiger partial charge in [0.1, 0.15) is 11.4 Å². The highest BCUT2D eigenvalue weighted by Gasteiger charge is 2.75. The van der Waals surface area contributed by atoms with E-state index in [0.717, 1.165) is 0 Å². The Hall–Kier alpha value is -1.01. The highest BCUT2D eigenvalue weighted by Crippen LogP contribution is 2.62. The highest BCUT2D eigenvalue weighted by atomic mass is 19.1. The summed E-state index contributed by atoms with van der Waals surface area (Å²) in [5, 5.41) is 0. The third-order valence-corrected chi connectivity index (χ3v) is 5.90. The smallest absolute Gasteiger partial charge is 0.201 e. The summed E-state index contributed by atoms with van der Waals surface area (Å²) in [6.45, 7) is 7.79. The van der Waals surface area contributed by atoms with Crippen molar-refractivity contribution >= 4 is 0 Å². The molecular weight excluding hydrogens is 311 g/mol. The number of benzene rings is 1. The van der Waals surface area contributed by atoms with Gasteiger partial charge in [-0.05, 0) is 18.9 Å². The molecule has 0 radical (unpaired) electrons. The second-order valence-corrected chi connectivity index (χ2v) is 7.68. The normalized spacial score (nSPS) is 37.0. The van der Waals surface area contributed by atoms with E-state index in [2.05, 4.69) is 20.8 Å². The van der Waals surface area contributed by atoms with Crippen LogP contribution in [0.3, 0.4) is 0 Å². The second kappa shape index (κ2) is 5.49. The lowest BCUT2D eigenvalue weighted by Crippen LogP contribution is -2.58. The van der Waals surface area contributed by atoms with E-state index < -0.39 is 17.0 Å². The monoisotopic (exact) mass is 336 g/mol. The fraction of sp³-hybridized carbons (Fsp3) is 0.684. The molecule has 1 aromatic rings. The molecule has 0 aliphatic carbocycles. The fourth-order valence-electron chi connectivity index (χ4n) is 4.65. The maximum Gasteiger partial charge on any atom is 0.201 e. The largest absolute Gasteiger partial charge is 0.370 e. The molecule has 3 heterocycles. The Balaban J connectivity index is 1.55. The van der Waals surface area contributed by atoms with Gasteiger partial charge in [-0.1, -0.05) is 32.0 Å². The summed E-state index contributed by atoms with van der Waals surface area (Å²) >= 11 is 0. The summed E-state index contributed by atoms with van der Waals surface area (Å²) in [5.74, 6) is -0.656. The van der Waals surface area contributed by atoms with Crippen molar-refractivity contribution in [1.29, 1.82) is 0 Å². The van der Waals surface area contributed by atoms with Crippen molar-refractivity contribution in [1.82, 2.24) is 0 Å². The maximum absolute atomic E-state index is 13.8. The van der Waals surface area contributed by atoms with Crippen LogP contribution in [-0.4, -0.2) is 36.3 Å². The zero-order chi connectivity index (χ0) is 17.0. The highest BCUT2D eigenvalue weighted by molar-refractivity contribution is 5.21. The maximum atomic E-state index is 13.8. The summed E-state index contributed by atoms with van der Waals surface area (Å²) in [4.78, 5) is 0. The molecule has 0 aromatic heterocycles. The van der Waals surface area contributed by atoms with Gasteiger partial charge in [0.25, 0.3) is 0 Å². The number of rotatable bonds is 4. The van der Waals surface area contributed by atoms with E-state index >= 15 is 0 Å². The molecule has 0 N–H and O–H groups in total. The van der Waals surface area contributed by atoms with E-state index in [4.69, 9.17) is 18.9 Å². The van der Waals surface area contributed by atoms with Crippen LogP contribution in [0.1, 0.15) is 39.2 Å². The summed E-state index contributed by atoms with van der Waals surface area (Å²) < 4.78 is 38.5. The van der Waals surface area contributed by atoms with Gasteiger partial charge in [-0.25, -0.2) is 4.39 Å². The predicted octanol–water partition coefficient (Wildman–Crippen LogP) is 3.43. The van der Waals surface area contributed by atoms with Crippen LogP contribution < -0.4 is 0 Å². The lowest BCUT2D eigenvalue weighted by atomic mass is 9.71. The van der Waals surface area contributed by atoms with Gasteiger partial charge in [-0.3, -0.25) is 0 Å². The minimum atomic E-state index is -0.659. The predicted molar refractivity (Wildman–Crippen MR) is 85.9 cm³/mol. The molecule has 3 fully saturated rings. The molecule has 1 spiro atoms. The molecule has 2 bridgehead atoms. The Bertz CT molecular complexity index is 624. The molecule has 3 atom stereocenters. The zero-order valence-electron chi connectivity index (χ0n) is 14.5. The standard InChI is InChI=1S/C19H25FO4/c1-13(2)18-10-16(21-11-14-6-4-5-7-15(14)20)17(3,24-18)12-19(18)22-8-9-23-19/h4-7,13,16H,8-12H2,1-3H3/t16-,17+,18-/m1/s1. The van der Waals surface area contributed by atoms with Gasteiger partial charge < -0.3 is 18.9 Å². The molecule has 24 heavy (non-hydrogen) atoms. The molecule has 4 nitrogen and oxygen atoms in total.